The van der Waals surface area contributed by atoms with Crippen LogP contribution in [0.1, 0.15) is 11.1 Å². The molecule has 0 spiro atoms. The third kappa shape index (κ3) is 4.84. The lowest BCUT2D eigenvalue weighted by Gasteiger charge is -2.25. The van der Waals surface area contributed by atoms with Gasteiger partial charge in [-0.15, -0.1) is 5.11 Å². The molecular weight excluding hydrogens is 372 g/mol. The lowest BCUT2D eigenvalue weighted by molar-refractivity contribution is 0.183. The minimum atomic E-state index is -0.197. The molecule has 3 aromatic rings. The summed E-state index contributed by atoms with van der Waals surface area (Å²) in [5, 5.41) is 14.8. The van der Waals surface area contributed by atoms with E-state index < -0.39 is 0 Å². The van der Waals surface area contributed by atoms with E-state index >= 15 is 0 Å². The highest BCUT2D eigenvalue weighted by molar-refractivity contribution is 5.56. The van der Waals surface area contributed by atoms with Crippen molar-refractivity contribution in [3.05, 3.63) is 96.1 Å². The molecule has 1 aliphatic rings. The van der Waals surface area contributed by atoms with Crippen molar-refractivity contribution in [2.75, 3.05) is 19.0 Å². The van der Waals surface area contributed by atoms with Crippen LogP contribution < -0.4 is 4.90 Å². The Morgan fingerprint density at radius 1 is 0.800 bits per heavy atom. The van der Waals surface area contributed by atoms with Crippen molar-refractivity contribution in [2.45, 2.75) is 19.4 Å². The number of benzene rings is 3. The van der Waals surface area contributed by atoms with Crippen molar-refractivity contribution in [1.29, 1.82) is 0 Å². The summed E-state index contributed by atoms with van der Waals surface area (Å²) in [6.45, 7) is 1.68. The third-order valence-corrected chi connectivity index (χ3v) is 5.04. The summed E-state index contributed by atoms with van der Waals surface area (Å²) in [6, 6.07) is 29.3. The molecule has 6 heteroatoms. The quantitative estimate of drug-likeness (QED) is 0.521. The third-order valence-electron chi connectivity index (χ3n) is 5.04. The second-order valence-electron chi connectivity index (χ2n) is 7.38. The van der Waals surface area contributed by atoms with Gasteiger partial charge in [-0.2, -0.15) is 10.2 Å². The molecule has 1 atom stereocenters. The fourth-order valence-corrected chi connectivity index (χ4v) is 3.40. The predicted molar refractivity (Wildman–Crippen MR) is 122 cm³/mol. The van der Waals surface area contributed by atoms with Crippen LogP contribution in [0.2, 0.25) is 0 Å². The summed E-state index contributed by atoms with van der Waals surface area (Å²) < 4.78 is 0. The normalized spacial score (nSPS) is 15.9. The Kier molecular flexibility index (Phi) is 6.03. The molecule has 0 aromatic heterocycles. The maximum absolute atomic E-state index is 4.40. The largest absolute Gasteiger partial charge is 0.363 e. The molecule has 0 amide bonds. The molecule has 0 radical (unpaired) electrons. The standard InChI is InChI=1S/C24H26N6/c1-28-19-25-29(2)24(28)27-26-22-13-15-23(16-14-22)30(17-20-9-5-3-6-10-20)18-21-11-7-4-8-12-21/h3-16,19,24H,17-18H2,1-2H3. The number of anilines is 1. The highest BCUT2D eigenvalue weighted by atomic mass is 15.6. The number of hydrogen-bond acceptors (Lipinski definition) is 6. The summed E-state index contributed by atoms with van der Waals surface area (Å²) in [6.07, 6.45) is 1.55. The number of hydrazone groups is 1. The van der Waals surface area contributed by atoms with Crippen LogP contribution in [0.25, 0.3) is 0 Å². The van der Waals surface area contributed by atoms with Crippen LogP contribution in [0.4, 0.5) is 11.4 Å². The fourth-order valence-electron chi connectivity index (χ4n) is 3.40. The average molecular weight is 399 g/mol. The van der Waals surface area contributed by atoms with Gasteiger partial charge in [0.25, 0.3) is 0 Å². The lowest BCUT2D eigenvalue weighted by Crippen LogP contribution is -2.32. The Labute approximate surface area is 177 Å². The minimum absolute atomic E-state index is 0.197. The Morgan fingerprint density at radius 2 is 1.37 bits per heavy atom. The Morgan fingerprint density at radius 3 is 1.87 bits per heavy atom. The van der Waals surface area contributed by atoms with E-state index in [0.717, 1.165) is 24.5 Å². The summed E-state index contributed by atoms with van der Waals surface area (Å²) in [5.74, 6) is 0. The zero-order chi connectivity index (χ0) is 20.8. The maximum Gasteiger partial charge on any atom is 0.233 e. The molecular formula is C24H26N6. The molecule has 30 heavy (non-hydrogen) atoms. The molecule has 0 fully saturated rings. The molecule has 4 rings (SSSR count). The molecule has 0 N–H and O–H groups in total. The van der Waals surface area contributed by atoms with Crippen LogP contribution in [0, 0.1) is 0 Å². The fraction of sp³-hybridized carbons (Fsp3) is 0.208. The van der Waals surface area contributed by atoms with Crippen LogP contribution in [0.3, 0.4) is 0 Å². The van der Waals surface area contributed by atoms with Crippen molar-refractivity contribution in [3.63, 3.8) is 0 Å². The average Bonchev–Trinajstić information content (AvgIpc) is 3.11. The van der Waals surface area contributed by atoms with E-state index in [1.807, 2.05) is 31.1 Å². The molecule has 0 saturated carbocycles. The van der Waals surface area contributed by atoms with Crippen LogP contribution in [-0.2, 0) is 13.1 Å². The number of rotatable bonds is 7. The lowest BCUT2D eigenvalue weighted by atomic mass is 10.1. The van der Waals surface area contributed by atoms with E-state index in [4.69, 9.17) is 0 Å². The van der Waals surface area contributed by atoms with Crippen LogP contribution in [0.5, 0.6) is 0 Å². The van der Waals surface area contributed by atoms with E-state index in [0.29, 0.717) is 0 Å². The van der Waals surface area contributed by atoms with Crippen LogP contribution >= 0.6 is 0 Å². The van der Waals surface area contributed by atoms with Gasteiger partial charge in [-0.1, -0.05) is 60.7 Å². The summed E-state index contributed by atoms with van der Waals surface area (Å²) >= 11 is 0. The van der Waals surface area contributed by atoms with E-state index in [1.54, 1.807) is 11.3 Å². The highest BCUT2D eigenvalue weighted by Crippen LogP contribution is 2.24. The first-order valence-corrected chi connectivity index (χ1v) is 10.0. The first-order chi connectivity index (χ1) is 14.7. The molecule has 1 aliphatic heterocycles. The van der Waals surface area contributed by atoms with Gasteiger partial charge in [0.1, 0.15) is 6.34 Å². The first kappa shape index (κ1) is 19.6. The van der Waals surface area contributed by atoms with Gasteiger partial charge in [0, 0.05) is 32.9 Å². The highest BCUT2D eigenvalue weighted by Gasteiger charge is 2.20. The van der Waals surface area contributed by atoms with E-state index in [2.05, 4.69) is 93.0 Å². The second kappa shape index (κ2) is 9.22. The van der Waals surface area contributed by atoms with Crippen LogP contribution in [-0.4, -0.2) is 36.6 Å². The summed E-state index contributed by atoms with van der Waals surface area (Å²) in [5.41, 5.74) is 4.54. The van der Waals surface area contributed by atoms with E-state index in [-0.39, 0.29) is 6.29 Å². The zero-order valence-corrected chi connectivity index (χ0v) is 17.3. The molecule has 6 nitrogen and oxygen atoms in total. The molecule has 0 saturated heterocycles. The number of nitrogens with zero attached hydrogens (tertiary/aromatic N) is 6. The smallest absolute Gasteiger partial charge is 0.233 e. The number of azo groups is 1. The summed E-state index contributed by atoms with van der Waals surface area (Å²) in [7, 11) is 3.82. The Balaban J connectivity index is 1.51. The molecule has 152 valence electrons. The van der Waals surface area contributed by atoms with Crippen LogP contribution in [0.15, 0.2) is 100 Å². The van der Waals surface area contributed by atoms with Gasteiger partial charge in [0.15, 0.2) is 0 Å². The molecule has 0 bridgehead atoms. The minimum Gasteiger partial charge on any atom is -0.363 e. The van der Waals surface area contributed by atoms with Crippen molar-refractivity contribution >= 4 is 17.7 Å². The van der Waals surface area contributed by atoms with Gasteiger partial charge in [-0.05, 0) is 35.4 Å². The van der Waals surface area contributed by atoms with Crippen molar-refractivity contribution in [3.8, 4) is 0 Å². The summed E-state index contributed by atoms with van der Waals surface area (Å²) in [4.78, 5) is 4.29. The SMILES string of the molecule is CN1C=NN(C)C1N=Nc1ccc(N(Cc2ccccc2)Cc2ccccc2)cc1. The molecule has 3 aromatic carbocycles. The number of hydrogen-bond donors (Lipinski definition) is 0. The Bertz CT molecular complexity index is 932. The van der Waals surface area contributed by atoms with Crippen molar-refractivity contribution in [2.24, 2.45) is 15.3 Å². The van der Waals surface area contributed by atoms with Gasteiger partial charge in [0.05, 0.1) is 5.69 Å². The topological polar surface area (TPSA) is 46.8 Å². The van der Waals surface area contributed by atoms with Gasteiger partial charge in [-0.3, -0.25) is 5.01 Å². The monoisotopic (exact) mass is 398 g/mol. The molecule has 0 aliphatic carbocycles. The van der Waals surface area contributed by atoms with Crippen molar-refractivity contribution < 1.29 is 0 Å². The maximum atomic E-state index is 4.40. The predicted octanol–water partition coefficient (Wildman–Crippen LogP) is 5.08. The molecule has 1 heterocycles. The van der Waals surface area contributed by atoms with E-state index in [9.17, 15) is 0 Å². The second-order valence-corrected chi connectivity index (χ2v) is 7.38. The van der Waals surface area contributed by atoms with Gasteiger partial charge in [0.2, 0.25) is 6.29 Å². The van der Waals surface area contributed by atoms with Gasteiger partial charge < -0.3 is 9.80 Å². The van der Waals surface area contributed by atoms with Gasteiger partial charge in [-0.25, -0.2) is 0 Å². The Hall–Kier alpha value is -3.67. The molecule has 1 unspecified atom stereocenters. The van der Waals surface area contributed by atoms with E-state index in [1.165, 1.54) is 11.1 Å². The van der Waals surface area contributed by atoms with Gasteiger partial charge >= 0.3 is 0 Å². The first-order valence-electron chi connectivity index (χ1n) is 10.0. The zero-order valence-electron chi connectivity index (χ0n) is 17.3. The van der Waals surface area contributed by atoms with Crippen molar-refractivity contribution in [1.82, 2.24) is 9.91 Å².